The van der Waals surface area contributed by atoms with Crippen LogP contribution in [0.4, 0.5) is 11.4 Å². The van der Waals surface area contributed by atoms with Crippen molar-refractivity contribution in [3.63, 3.8) is 0 Å². The first-order valence-corrected chi connectivity index (χ1v) is 7.95. The highest BCUT2D eigenvalue weighted by Gasteiger charge is 2.40. The van der Waals surface area contributed by atoms with Crippen LogP contribution in [-0.4, -0.2) is 17.1 Å². The lowest BCUT2D eigenvalue weighted by Crippen LogP contribution is -2.31. The van der Waals surface area contributed by atoms with Gasteiger partial charge in [0, 0.05) is 22.0 Å². The molecule has 0 radical (unpaired) electrons. The predicted molar refractivity (Wildman–Crippen MR) is 89.1 cm³/mol. The summed E-state index contributed by atoms with van der Waals surface area (Å²) in [6, 6.07) is 14.0. The van der Waals surface area contributed by atoms with Crippen molar-refractivity contribution in [3.8, 4) is 0 Å². The summed E-state index contributed by atoms with van der Waals surface area (Å²) >= 11 is 7.29. The third-order valence-electron chi connectivity index (χ3n) is 3.31. The van der Waals surface area contributed by atoms with Crippen LogP contribution < -0.4 is 10.6 Å². The van der Waals surface area contributed by atoms with Gasteiger partial charge in [0.05, 0.1) is 10.9 Å². The van der Waals surface area contributed by atoms with Crippen LogP contribution >= 0.6 is 23.4 Å². The third kappa shape index (κ3) is 2.96. The van der Waals surface area contributed by atoms with Crippen molar-refractivity contribution in [2.45, 2.75) is 16.6 Å². The van der Waals surface area contributed by atoms with Crippen molar-refractivity contribution >= 4 is 46.6 Å². The number of amides is 2. The zero-order valence-corrected chi connectivity index (χ0v) is 13.1. The average Bonchev–Trinajstić information content (AvgIpc) is 2.73. The number of nitrogens with zero attached hydrogens (tertiary/aromatic N) is 1. The van der Waals surface area contributed by atoms with Gasteiger partial charge in [-0.05, 0) is 36.4 Å². The van der Waals surface area contributed by atoms with Gasteiger partial charge in [-0.15, -0.1) is 11.8 Å². The Morgan fingerprint density at radius 1 is 1.14 bits per heavy atom. The van der Waals surface area contributed by atoms with Gasteiger partial charge in [-0.2, -0.15) is 0 Å². The first-order chi connectivity index (χ1) is 10.5. The number of rotatable bonds is 3. The van der Waals surface area contributed by atoms with E-state index in [-0.39, 0.29) is 18.2 Å². The highest BCUT2D eigenvalue weighted by molar-refractivity contribution is 8.00. The molecule has 1 atom stereocenters. The average molecular weight is 333 g/mol. The highest BCUT2D eigenvalue weighted by Crippen LogP contribution is 2.35. The molecule has 0 saturated carbocycles. The van der Waals surface area contributed by atoms with E-state index in [4.69, 9.17) is 17.3 Å². The Hall–Kier alpha value is -1.98. The van der Waals surface area contributed by atoms with E-state index in [1.165, 1.54) is 16.7 Å². The summed E-state index contributed by atoms with van der Waals surface area (Å²) in [4.78, 5) is 26.8. The van der Waals surface area contributed by atoms with Gasteiger partial charge in [0.15, 0.2) is 0 Å². The minimum Gasteiger partial charge on any atom is -0.399 e. The lowest BCUT2D eigenvalue weighted by atomic mass is 10.3. The molecule has 0 spiro atoms. The van der Waals surface area contributed by atoms with Gasteiger partial charge in [0.2, 0.25) is 11.8 Å². The van der Waals surface area contributed by atoms with Crippen LogP contribution in [0.5, 0.6) is 0 Å². The van der Waals surface area contributed by atoms with Crippen LogP contribution in [0.1, 0.15) is 6.42 Å². The molecule has 2 aromatic rings. The van der Waals surface area contributed by atoms with E-state index in [1.807, 2.05) is 12.1 Å². The van der Waals surface area contributed by atoms with E-state index >= 15 is 0 Å². The lowest BCUT2D eigenvalue weighted by Gasteiger charge is -2.15. The largest absolute Gasteiger partial charge is 0.399 e. The smallest absolute Gasteiger partial charge is 0.247 e. The number of nitrogen functional groups attached to an aromatic ring is 1. The summed E-state index contributed by atoms with van der Waals surface area (Å²) in [5, 5.41) is 0.0540. The van der Waals surface area contributed by atoms with Gasteiger partial charge >= 0.3 is 0 Å². The van der Waals surface area contributed by atoms with E-state index < -0.39 is 5.25 Å². The number of anilines is 2. The quantitative estimate of drug-likeness (QED) is 0.691. The summed E-state index contributed by atoms with van der Waals surface area (Å²) in [5.41, 5.74) is 6.88. The lowest BCUT2D eigenvalue weighted by molar-refractivity contribution is -0.121. The van der Waals surface area contributed by atoms with Crippen molar-refractivity contribution in [1.29, 1.82) is 0 Å². The molecule has 1 heterocycles. The second kappa shape index (κ2) is 6.02. The maximum Gasteiger partial charge on any atom is 0.247 e. The number of imide groups is 1. The molecule has 3 rings (SSSR count). The van der Waals surface area contributed by atoms with E-state index in [1.54, 1.807) is 36.4 Å². The molecule has 0 bridgehead atoms. The Bertz CT molecular complexity index is 750. The monoisotopic (exact) mass is 332 g/mol. The molecule has 0 aliphatic carbocycles. The zero-order valence-electron chi connectivity index (χ0n) is 11.5. The second-order valence-electron chi connectivity index (χ2n) is 4.93. The normalized spacial score (nSPS) is 18.0. The van der Waals surface area contributed by atoms with Crippen LogP contribution in [0.15, 0.2) is 53.4 Å². The second-order valence-corrected chi connectivity index (χ2v) is 6.64. The van der Waals surface area contributed by atoms with Gasteiger partial charge in [-0.25, -0.2) is 4.90 Å². The maximum atomic E-state index is 12.5. The van der Waals surface area contributed by atoms with Crippen molar-refractivity contribution in [2.24, 2.45) is 0 Å². The number of nitrogens with two attached hydrogens (primary N) is 1. The number of hydrogen-bond donors (Lipinski definition) is 1. The van der Waals surface area contributed by atoms with Gasteiger partial charge in [-0.1, -0.05) is 23.7 Å². The number of hydrogen-bond acceptors (Lipinski definition) is 4. The number of carbonyl (C=O) groups excluding carboxylic acids is 2. The minimum atomic E-state index is -0.437. The molecule has 22 heavy (non-hydrogen) atoms. The predicted octanol–water partition coefficient (Wildman–Crippen LogP) is 3.35. The van der Waals surface area contributed by atoms with Crippen LogP contribution in [0.2, 0.25) is 5.02 Å². The maximum absolute atomic E-state index is 12.5. The fourth-order valence-electron chi connectivity index (χ4n) is 2.33. The molecular formula is C16H13ClN2O2S. The molecule has 112 valence electrons. The Labute approximate surface area is 137 Å². The van der Waals surface area contributed by atoms with Crippen molar-refractivity contribution in [3.05, 3.63) is 53.6 Å². The molecule has 1 saturated heterocycles. The van der Waals surface area contributed by atoms with Crippen molar-refractivity contribution in [1.82, 2.24) is 0 Å². The highest BCUT2D eigenvalue weighted by atomic mass is 35.5. The van der Waals surface area contributed by atoms with E-state index in [0.29, 0.717) is 16.4 Å². The van der Waals surface area contributed by atoms with Gasteiger partial charge in [-0.3, -0.25) is 9.59 Å². The third-order valence-corrected chi connectivity index (χ3v) is 4.72. The molecule has 1 aliphatic heterocycles. The van der Waals surface area contributed by atoms with E-state index in [0.717, 1.165) is 4.90 Å². The Morgan fingerprint density at radius 2 is 1.91 bits per heavy atom. The summed E-state index contributed by atoms with van der Waals surface area (Å²) in [7, 11) is 0. The first kappa shape index (κ1) is 14.9. The van der Waals surface area contributed by atoms with E-state index in [9.17, 15) is 9.59 Å². The van der Waals surface area contributed by atoms with Crippen molar-refractivity contribution in [2.75, 3.05) is 10.6 Å². The number of thioether (sulfide) groups is 1. The van der Waals surface area contributed by atoms with E-state index in [2.05, 4.69) is 0 Å². The van der Waals surface area contributed by atoms with Gasteiger partial charge in [0.1, 0.15) is 0 Å². The molecule has 2 aromatic carbocycles. The standard InChI is InChI=1S/C16H13ClN2O2S/c17-10-3-1-5-12(7-10)19-15(20)9-14(16(19)21)22-13-6-2-4-11(18)8-13/h1-8,14H,9,18H2. The molecule has 1 unspecified atom stereocenters. The topological polar surface area (TPSA) is 63.4 Å². The Balaban J connectivity index is 1.82. The van der Waals surface area contributed by atoms with Crippen molar-refractivity contribution < 1.29 is 9.59 Å². The summed E-state index contributed by atoms with van der Waals surface area (Å²) in [6.45, 7) is 0. The first-order valence-electron chi connectivity index (χ1n) is 6.69. The molecule has 1 aliphatic rings. The molecular weight excluding hydrogens is 320 g/mol. The Kier molecular flexibility index (Phi) is 4.09. The zero-order chi connectivity index (χ0) is 15.7. The minimum absolute atomic E-state index is 0.171. The summed E-state index contributed by atoms with van der Waals surface area (Å²) in [6.07, 6.45) is 0.171. The molecule has 6 heteroatoms. The molecule has 1 fully saturated rings. The van der Waals surface area contributed by atoms with Crippen LogP contribution in [0.3, 0.4) is 0 Å². The molecule has 2 amide bonds. The van der Waals surface area contributed by atoms with Gasteiger partial charge in [0.25, 0.3) is 0 Å². The number of carbonyl (C=O) groups is 2. The molecule has 0 aromatic heterocycles. The SMILES string of the molecule is Nc1cccc(SC2CC(=O)N(c3cccc(Cl)c3)C2=O)c1. The number of benzene rings is 2. The Morgan fingerprint density at radius 3 is 2.64 bits per heavy atom. The van der Waals surface area contributed by atoms with Gasteiger partial charge < -0.3 is 5.73 Å². The molecule has 4 nitrogen and oxygen atoms in total. The summed E-state index contributed by atoms with van der Waals surface area (Å²) in [5.74, 6) is -0.437. The number of halogens is 1. The van der Waals surface area contributed by atoms with Crippen LogP contribution in [0.25, 0.3) is 0 Å². The van der Waals surface area contributed by atoms with Crippen LogP contribution in [-0.2, 0) is 9.59 Å². The van der Waals surface area contributed by atoms with Crippen LogP contribution in [0, 0.1) is 0 Å². The molecule has 2 N–H and O–H groups in total. The summed E-state index contributed by atoms with van der Waals surface area (Å²) < 4.78 is 0. The fourth-order valence-corrected chi connectivity index (χ4v) is 3.64. The fraction of sp³-hybridized carbons (Fsp3) is 0.125.